The van der Waals surface area contributed by atoms with Gasteiger partial charge < -0.3 is 4.90 Å². The zero-order valence-electron chi connectivity index (χ0n) is 10.2. The summed E-state index contributed by atoms with van der Waals surface area (Å²) >= 11 is 3.43. The summed E-state index contributed by atoms with van der Waals surface area (Å²) in [6.45, 7) is 3.63. The number of thioether (sulfide) groups is 2. The Hall–Kier alpha value is -0.820. The monoisotopic (exact) mass is 285 g/mol. The van der Waals surface area contributed by atoms with Gasteiger partial charge >= 0.3 is 0 Å². The summed E-state index contributed by atoms with van der Waals surface area (Å²) < 4.78 is 0. The molecule has 0 spiro atoms. The Morgan fingerprint density at radius 2 is 2.00 bits per heavy atom. The van der Waals surface area contributed by atoms with Crippen LogP contribution >= 0.6 is 23.5 Å². The van der Waals surface area contributed by atoms with E-state index in [-0.39, 0.29) is 17.9 Å². The molecule has 0 aromatic heterocycles. The normalized spacial score (nSPS) is 20.2. The van der Waals surface area contributed by atoms with Gasteiger partial charge in [-0.1, -0.05) is 18.7 Å². The molecular formula is C11H15N3O2S2. The number of rotatable bonds is 3. The van der Waals surface area contributed by atoms with Crippen molar-refractivity contribution in [1.29, 1.82) is 0 Å². The van der Waals surface area contributed by atoms with Crippen LogP contribution in [0.25, 0.3) is 0 Å². The van der Waals surface area contributed by atoms with Crippen molar-refractivity contribution in [2.24, 2.45) is 10.2 Å². The molecule has 0 saturated carbocycles. The average Bonchev–Trinajstić information content (AvgIpc) is 2.47. The summed E-state index contributed by atoms with van der Waals surface area (Å²) in [4.78, 5) is 25.1. The minimum Gasteiger partial charge on any atom is -0.348 e. The van der Waals surface area contributed by atoms with Crippen LogP contribution in [0.3, 0.4) is 0 Å². The van der Waals surface area contributed by atoms with Crippen molar-refractivity contribution in [3.63, 3.8) is 0 Å². The molecule has 98 valence electrons. The standard InChI is InChI=1S/C11H15N3O2S2/c1-2-9(15)10(16)8-7-18-11(13-12-8)14-3-5-17-6-4-14/h2-7H2,1H3. The van der Waals surface area contributed by atoms with Crippen molar-refractivity contribution >= 4 is 46.0 Å². The first-order chi connectivity index (χ1) is 8.72. The molecule has 0 atom stereocenters. The average molecular weight is 285 g/mol. The van der Waals surface area contributed by atoms with Gasteiger partial charge in [0.2, 0.25) is 11.6 Å². The van der Waals surface area contributed by atoms with Gasteiger partial charge in [-0.2, -0.15) is 11.8 Å². The molecule has 0 aromatic rings. The first-order valence-corrected chi connectivity index (χ1v) is 8.04. The molecule has 0 N–H and O–H groups in total. The third-order valence-corrected chi connectivity index (χ3v) is 4.67. The Morgan fingerprint density at radius 3 is 2.56 bits per heavy atom. The lowest BCUT2D eigenvalue weighted by Gasteiger charge is -2.29. The molecule has 2 aliphatic rings. The van der Waals surface area contributed by atoms with Gasteiger partial charge in [-0.05, 0) is 0 Å². The number of nitrogens with zero attached hydrogens (tertiary/aromatic N) is 3. The molecule has 1 fully saturated rings. The topological polar surface area (TPSA) is 62.1 Å². The Kier molecular flexibility index (Phi) is 4.82. The summed E-state index contributed by atoms with van der Waals surface area (Å²) in [7, 11) is 0. The molecule has 0 aromatic carbocycles. The fourth-order valence-electron chi connectivity index (χ4n) is 1.64. The van der Waals surface area contributed by atoms with E-state index in [1.54, 1.807) is 6.92 Å². The smallest absolute Gasteiger partial charge is 0.245 e. The molecule has 0 radical (unpaired) electrons. The van der Waals surface area contributed by atoms with Crippen LogP contribution in [0.4, 0.5) is 0 Å². The van der Waals surface area contributed by atoms with Crippen LogP contribution in [0.5, 0.6) is 0 Å². The van der Waals surface area contributed by atoms with Crippen molar-refractivity contribution < 1.29 is 9.59 Å². The van der Waals surface area contributed by atoms with Crippen molar-refractivity contribution in [3.05, 3.63) is 0 Å². The van der Waals surface area contributed by atoms with Crippen LogP contribution in [-0.2, 0) is 9.59 Å². The van der Waals surface area contributed by atoms with E-state index in [4.69, 9.17) is 0 Å². The number of Topliss-reactive ketones (excluding diaryl/α,β-unsaturated/α-hetero) is 2. The van der Waals surface area contributed by atoms with Gasteiger partial charge in [-0.15, -0.1) is 10.2 Å². The highest BCUT2D eigenvalue weighted by Crippen LogP contribution is 2.19. The van der Waals surface area contributed by atoms with Crippen molar-refractivity contribution in [3.8, 4) is 0 Å². The number of carbonyl (C=O) groups excluding carboxylic acids is 2. The molecule has 1 saturated heterocycles. The number of ketones is 2. The number of carbonyl (C=O) groups is 2. The van der Waals surface area contributed by atoms with Gasteiger partial charge in [-0.25, -0.2) is 0 Å². The summed E-state index contributed by atoms with van der Waals surface area (Å²) in [6, 6.07) is 0. The van der Waals surface area contributed by atoms with Crippen LogP contribution in [0, 0.1) is 0 Å². The second-order valence-corrected chi connectivity index (χ2v) is 6.09. The summed E-state index contributed by atoms with van der Waals surface area (Å²) in [5, 5.41) is 8.87. The Balaban J connectivity index is 2.02. The Labute approximate surface area is 114 Å². The quantitative estimate of drug-likeness (QED) is 0.725. The van der Waals surface area contributed by atoms with Crippen LogP contribution in [-0.4, -0.2) is 57.7 Å². The highest BCUT2D eigenvalue weighted by Gasteiger charge is 2.25. The third kappa shape index (κ3) is 3.14. The molecule has 0 aliphatic carbocycles. The molecule has 2 rings (SSSR count). The lowest BCUT2D eigenvalue weighted by atomic mass is 10.1. The zero-order valence-corrected chi connectivity index (χ0v) is 11.9. The van der Waals surface area contributed by atoms with E-state index in [2.05, 4.69) is 15.1 Å². The molecule has 5 nitrogen and oxygen atoms in total. The van der Waals surface area contributed by atoms with Gasteiger partial charge in [0.15, 0.2) is 5.17 Å². The number of hydrogen-bond acceptors (Lipinski definition) is 7. The highest BCUT2D eigenvalue weighted by molar-refractivity contribution is 8.14. The largest absolute Gasteiger partial charge is 0.348 e. The van der Waals surface area contributed by atoms with Crippen LogP contribution in [0.2, 0.25) is 0 Å². The molecule has 0 unspecified atom stereocenters. The Bertz CT molecular complexity index is 415. The SMILES string of the molecule is CCC(=O)C(=O)C1=NN=C(N2CCSCC2)SC1. The van der Waals surface area contributed by atoms with E-state index in [1.165, 1.54) is 11.8 Å². The first-order valence-electron chi connectivity index (χ1n) is 5.90. The van der Waals surface area contributed by atoms with E-state index < -0.39 is 5.78 Å². The van der Waals surface area contributed by atoms with Crippen LogP contribution < -0.4 is 0 Å². The summed E-state index contributed by atoms with van der Waals surface area (Å²) in [5.74, 6) is 1.78. The minimum absolute atomic E-state index is 0.225. The Morgan fingerprint density at radius 1 is 1.28 bits per heavy atom. The third-order valence-electron chi connectivity index (χ3n) is 2.71. The fraction of sp³-hybridized carbons (Fsp3) is 0.636. The van der Waals surface area contributed by atoms with Gasteiger partial charge in [-0.3, -0.25) is 9.59 Å². The first kappa shape index (κ1) is 13.6. The maximum absolute atomic E-state index is 11.6. The number of hydrogen-bond donors (Lipinski definition) is 0. The van der Waals surface area contributed by atoms with Crippen molar-refractivity contribution in [2.75, 3.05) is 30.3 Å². The van der Waals surface area contributed by atoms with E-state index in [0.29, 0.717) is 5.75 Å². The van der Waals surface area contributed by atoms with Gasteiger partial charge in [0.25, 0.3) is 0 Å². The molecular weight excluding hydrogens is 270 g/mol. The fourth-order valence-corrected chi connectivity index (χ4v) is 3.46. The highest BCUT2D eigenvalue weighted by atomic mass is 32.2. The van der Waals surface area contributed by atoms with Crippen molar-refractivity contribution in [2.45, 2.75) is 13.3 Å². The molecule has 0 amide bonds. The molecule has 2 aliphatic heterocycles. The summed E-state index contributed by atoms with van der Waals surface area (Å²) in [6.07, 6.45) is 0.225. The summed E-state index contributed by atoms with van der Waals surface area (Å²) in [5.41, 5.74) is 0.280. The predicted octanol–water partition coefficient (Wildman–Crippen LogP) is 1.04. The molecule has 7 heteroatoms. The molecule has 2 heterocycles. The van der Waals surface area contributed by atoms with Gasteiger partial charge in [0.05, 0.1) is 0 Å². The lowest BCUT2D eigenvalue weighted by Crippen LogP contribution is -2.38. The minimum atomic E-state index is -0.484. The second kappa shape index (κ2) is 6.38. The van der Waals surface area contributed by atoms with Crippen molar-refractivity contribution in [1.82, 2.24) is 4.90 Å². The van der Waals surface area contributed by atoms with Gasteiger partial charge in [0, 0.05) is 36.8 Å². The van der Waals surface area contributed by atoms with Crippen LogP contribution in [0.1, 0.15) is 13.3 Å². The van der Waals surface area contributed by atoms with E-state index in [1.807, 2.05) is 11.8 Å². The maximum atomic E-state index is 11.6. The van der Waals surface area contributed by atoms with Gasteiger partial charge in [0.1, 0.15) is 5.71 Å². The molecule has 18 heavy (non-hydrogen) atoms. The van der Waals surface area contributed by atoms with Crippen LogP contribution in [0.15, 0.2) is 10.2 Å². The zero-order chi connectivity index (χ0) is 13.0. The number of amidine groups is 1. The molecule has 0 bridgehead atoms. The second-order valence-electron chi connectivity index (χ2n) is 3.92. The lowest BCUT2D eigenvalue weighted by molar-refractivity contribution is -0.132. The van der Waals surface area contributed by atoms with E-state index in [0.717, 1.165) is 29.8 Å². The predicted molar refractivity (Wildman–Crippen MR) is 76.5 cm³/mol. The van der Waals surface area contributed by atoms with E-state index >= 15 is 0 Å². The maximum Gasteiger partial charge on any atom is 0.245 e. The van der Waals surface area contributed by atoms with E-state index in [9.17, 15) is 9.59 Å².